The molecule has 5 nitrogen and oxygen atoms in total. The molecule has 0 saturated heterocycles. The van der Waals surface area contributed by atoms with Gasteiger partial charge in [-0.1, -0.05) is 28.1 Å². The van der Waals surface area contributed by atoms with Crippen LogP contribution in [0.25, 0.3) is 0 Å². The van der Waals surface area contributed by atoms with Crippen LogP contribution >= 0.6 is 28.6 Å². The molecule has 3 rings (SSSR count). The number of nitrogens with zero attached hydrogens (tertiary/aromatic N) is 2. The van der Waals surface area contributed by atoms with Gasteiger partial charge in [-0.05, 0) is 48.9 Å². The van der Waals surface area contributed by atoms with Crippen molar-refractivity contribution >= 4 is 40.2 Å². The number of benzene rings is 2. The molecule has 1 atom stereocenters. The SMILES string of the molecule is CCOc1ccc(N2C(S)=C(C#N)C(=O)NC2c2cccc(Br)c2)cc1. The second kappa shape index (κ2) is 7.85. The summed E-state index contributed by atoms with van der Waals surface area (Å²) in [7, 11) is 0. The number of nitrogens with one attached hydrogen (secondary N) is 1. The first-order valence-corrected chi connectivity index (χ1v) is 9.21. The van der Waals surface area contributed by atoms with Crippen LogP contribution in [-0.2, 0) is 4.79 Å². The summed E-state index contributed by atoms with van der Waals surface area (Å²) in [5.41, 5.74) is 1.63. The second-order valence-corrected chi connectivity index (χ2v) is 6.88. The predicted octanol–water partition coefficient (Wildman–Crippen LogP) is 4.15. The van der Waals surface area contributed by atoms with Crippen LogP contribution in [0.5, 0.6) is 5.75 Å². The number of amides is 1. The molecule has 0 radical (unpaired) electrons. The Morgan fingerprint density at radius 2 is 2.04 bits per heavy atom. The number of carbonyl (C=O) groups is 1. The molecule has 0 bridgehead atoms. The standard InChI is InChI=1S/C19H16BrN3O2S/c1-2-25-15-8-6-14(7-9-15)23-17(12-4-3-5-13(20)10-12)22-18(24)16(11-21)19(23)26/h3-10,17,26H,2H2,1H3,(H,22,24). The van der Waals surface area contributed by atoms with Crippen LogP contribution in [0.4, 0.5) is 5.69 Å². The molecule has 1 aliphatic rings. The fourth-order valence-corrected chi connectivity index (χ4v) is 3.56. The Kier molecular flexibility index (Phi) is 5.55. The van der Waals surface area contributed by atoms with E-state index in [2.05, 4.69) is 33.9 Å². The molecule has 7 heteroatoms. The molecule has 2 aromatic carbocycles. The van der Waals surface area contributed by atoms with Crippen LogP contribution in [0.2, 0.25) is 0 Å². The molecule has 1 N–H and O–H groups in total. The van der Waals surface area contributed by atoms with Crippen LogP contribution < -0.4 is 15.0 Å². The van der Waals surface area contributed by atoms with Gasteiger partial charge >= 0.3 is 0 Å². The topological polar surface area (TPSA) is 65.4 Å². The maximum absolute atomic E-state index is 12.3. The Morgan fingerprint density at radius 1 is 1.31 bits per heavy atom. The lowest BCUT2D eigenvalue weighted by Crippen LogP contribution is -2.46. The van der Waals surface area contributed by atoms with E-state index in [-0.39, 0.29) is 5.57 Å². The van der Waals surface area contributed by atoms with Crippen molar-refractivity contribution in [3.05, 3.63) is 69.2 Å². The van der Waals surface area contributed by atoms with Crippen molar-refractivity contribution in [3.63, 3.8) is 0 Å². The second-order valence-electron chi connectivity index (χ2n) is 5.54. The van der Waals surface area contributed by atoms with E-state index in [9.17, 15) is 10.1 Å². The Labute approximate surface area is 165 Å². The quantitative estimate of drug-likeness (QED) is 0.716. The molecule has 2 aromatic rings. The van der Waals surface area contributed by atoms with Crippen LogP contribution in [0.3, 0.4) is 0 Å². The third-order valence-electron chi connectivity index (χ3n) is 3.91. The van der Waals surface area contributed by atoms with Gasteiger partial charge in [0, 0.05) is 10.2 Å². The van der Waals surface area contributed by atoms with E-state index in [0.29, 0.717) is 11.6 Å². The highest BCUT2D eigenvalue weighted by Gasteiger charge is 2.34. The minimum Gasteiger partial charge on any atom is -0.494 e. The third kappa shape index (κ3) is 3.57. The number of halogens is 1. The summed E-state index contributed by atoms with van der Waals surface area (Å²) in [6.07, 6.45) is -0.484. The first-order valence-electron chi connectivity index (χ1n) is 7.97. The molecule has 1 aliphatic heterocycles. The maximum Gasteiger partial charge on any atom is 0.266 e. The van der Waals surface area contributed by atoms with Gasteiger partial charge in [0.25, 0.3) is 5.91 Å². The molecule has 0 aliphatic carbocycles. The van der Waals surface area contributed by atoms with Gasteiger partial charge in [0.15, 0.2) is 0 Å². The van der Waals surface area contributed by atoms with Crippen LogP contribution in [0, 0.1) is 11.3 Å². The monoisotopic (exact) mass is 429 g/mol. The minimum absolute atomic E-state index is 0.0199. The van der Waals surface area contributed by atoms with Crippen LogP contribution in [0.15, 0.2) is 63.6 Å². The lowest BCUT2D eigenvalue weighted by Gasteiger charge is -2.38. The van der Waals surface area contributed by atoms with E-state index in [1.807, 2.05) is 66.4 Å². The summed E-state index contributed by atoms with van der Waals surface area (Å²) >= 11 is 7.94. The number of hydrogen-bond acceptors (Lipinski definition) is 5. The van der Waals surface area contributed by atoms with Gasteiger partial charge in [-0.2, -0.15) is 5.26 Å². The van der Waals surface area contributed by atoms with Crippen LogP contribution in [-0.4, -0.2) is 12.5 Å². The first-order chi connectivity index (χ1) is 12.5. The van der Waals surface area contributed by atoms with Gasteiger partial charge in [0.05, 0.1) is 11.6 Å². The van der Waals surface area contributed by atoms with Gasteiger partial charge in [-0.15, -0.1) is 12.6 Å². The van der Waals surface area contributed by atoms with Crippen molar-refractivity contribution in [2.45, 2.75) is 13.1 Å². The van der Waals surface area contributed by atoms with Crippen LogP contribution in [0.1, 0.15) is 18.7 Å². The van der Waals surface area contributed by atoms with E-state index >= 15 is 0 Å². The van der Waals surface area contributed by atoms with E-state index in [4.69, 9.17) is 4.74 Å². The normalized spacial score (nSPS) is 16.9. The molecule has 0 fully saturated rings. The van der Waals surface area contributed by atoms with Gasteiger partial charge in [0.2, 0.25) is 0 Å². The summed E-state index contributed by atoms with van der Waals surface area (Å²) < 4.78 is 6.38. The van der Waals surface area contributed by atoms with Crippen molar-refractivity contribution in [3.8, 4) is 11.8 Å². The number of nitriles is 1. The summed E-state index contributed by atoms with van der Waals surface area (Å²) in [6, 6.07) is 17.0. The number of thiol groups is 1. The summed E-state index contributed by atoms with van der Waals surface area (Å²) in [5.74, 6) is 0.311. The number of rotatable bonds is 4. The highest BCUT2D eigenvalue weighted by molar-refractivity contribution is 9.10. The van der Waals surface area contributed by atoms with Gasteiger partial charge in [0.1, 0.15) is 23.6 Å². The van der Waals surface area contributed by atoms with E-state index in [0.717, 1.165) is 21.5 Å². The van der Waals surface area contributed by atoms with E-state index in [1.54, 1.807) is 0 Å². The lowest BCUT2D eigenvalue weighted by molar-refractivity contribution is -0.118. The zero-order chi connectivity index (χ0) is 18.7. The molecule has 1 amide bonds. The highest BCUT2D eigenvalue weighted by atomic mass is 79.9. The fourth-order valence-electron chi connectivity index (χ4n) is 2.76. The van der Waals surface area contributed by atoms with E-state index in [1.165, 1.54) is 0 Å². The zero-order valence-corrected chi connectivity index (χ0v) is 16.4. The Hall–Kier alpha value is -2.43. The molecule has 132 valence electrons. The minimum atomic E-state index is -0.484. The van der Waals surface area contributed by atoms with Gasteiger partial charge in [-0.3, -0.25) is 4.79 Å². The summed E-state index contributed by atoms with van der Waals surface area (Å²) in [6.45, 7) is 2.50. The van der Waals surface area contributed by atoms with Gasteiger partial charge < -0.3 is 15.0 Å². The highest BCUT2D eigenvalue weighted by Crippen LogP contribution is 2.36. The molecule has 0 aromatic heterocycles. The number of ether oxygens (including phenoxy) is 1. The van der Waals surface area contributed by atoms with Crippen molar-refractivity contribution in [2.24, 2.45) is 0 Å². The molecular formula is C19H16BrN3O2S. The zero-order valence-electron chi connectivity index (χ0n) is 13.9. The predicted molar refractivity (Wildman–Crippen MR) is 107 cm³/mol. The van der Waals surface area contributed by atoms with Crippen molar-refractivity contribution in [1.29, 1.82) is 5.26 Å². The Morgan fingerprint density at radius 3 is 2.65 bits per heavy atom. The van der Waals surface area contributed by atoms with Gasteiger partial charge in [-0.25, -0.2) is 0 Å². The average molecular weight is 430 g/mol. The van der Waals surface area contributed by atoms with Crippen molar-refractivity contribution < 1.29 is 9.53 Å². The average Bonchev–Trinajstić information content (AvgIpc) is 2.63. The molecular weight excluding hydrogens is 414 g/mol. The molecule has 0 saturated carbocycles. The largest absolute Gasteiger partial charge is 0.494 e. The van der Waals surface area contributed by atoms with Crippen molar-refractivity contribution in [2.75, 3.05) is 11.5 Å². The van der Waals surface area contributed by atoms with E-state index < -0.39 is 12.1 Å². The number of hydrogen-bond donors (Lipinski definition) is 2. The maximum atomic E-state index is 12.3. The number of anilines is 1. The molecule has 0 spiro atoms. The van der Waals surface area contributed by atoms with Crippen molar-refractivity contribution in [1.82, 2.24) is 5.32 Å². The third-order valence-corrected chi connectivity index (χ3v) is 4.84. The Balaban J connectivity index is 2.09. The molecule has 1 heterocycles. The Bertz CT molecular complexity index is 906. The first kappa shape index (κ1) is 18.4. The number of carbonyl (C=O) groups excluding carboxylic acids is 1. The lowest BCUT2D eigenvalue weighted by atomic mass is 10.1. The smallest absolute Gasteiger partial charge is 0.266 e. The summed E-state index contributed by atoms with van der Waals surface area (Å²) in [5, 5.41) is 12.5. The molecule has 26 heavy (non-hydrogen) atoms. The summed E-state index contributed by atoms with van der Waals surface area (Å²) in [4.78, 5) is 14.1. The molecule has 1 unspecified atom stereocenters. The fraction of sp³-hybridized carbons (Fsp3) is 0.158.